The lowest BCUT2D eigenvalue weighted by molar-refractivity contribution is 1.08. The summed E-state index contributed by atoms with van der Waals surface area (Å²) < 4.78 is 0.971. The standard InChI is InChI=1S/C14H11BrN4/c1-9-5-4-8-16-12(9)14-17-13(18-19-14)10-6-2-3-7-11(10)15/h2-8H,1H3,(H,17,18,19). The van der Waals surface area contributed by atoms with Crippen LogP contribution < -0.4 is 0 Å². The van der Waals surface area contributed by atoms with Crippen LogP contribution in [-0.4, -0.2) is 20.2 Å². The van der Waals surface area contributed by atoms with Crippen LogP contribution in [0, 0.1) is 6.92 Å². The largest absolute Gasteiger partial charge is 0.257 e. The second-order valence-corrected chi connectivity index (χ2v) is 5.01. The molecule has 94 valence electrons. The minimum absolute atomic E-state index is 0.660. The van der Waals surface area contributed by atoms with Crippen LogP contribution in [0.15, 0.2) is 47.1 Å². The molecule has 0 fully saturated rings. The van der Waals surface area contributed by atoms with Crippen molar-refractivity contribution in [1.82, 2.24) is 20.2 Å². The predicted octanol–water partition coefficient (Wildman–Crippen LogP) is 3.60. The summed E-state index contributed by atoms with van der Waals surface area (Å²) in [6.45, 7) is 2.00. The van der Waals surface area contributed by atoms with Crippen molar-refractivity contribution in [2.45, 2.75) is 6.92 Å². The first-order valence-electron chi connectivity index (χ1n) is 5.85. The minimum atomic E-state index is 0.660. The van der Waals surface area contributed by atoms with E-state index in [1.165, 1.54) is 0 Å². The minimum Gasteiger partial charge on any atom is -0.257 e. The van der Waals surface area contributed by atoms with Crippen molar-refractivity contribution in [2.75, 3.05) is 0 Å². The maximum absolute atomic E-state index is 4.51. The molecular weight excluding hydrogens is 304 g/mol. The van der Waals surface area contributed by atoms with Crippen LogP contribution >= 0.6 is 15.9 Å². The third-order valence-corrected chi connectivity index (χ3v) is 3.53. The molecule has 0 aliphatic heterocycles. The van der Waals surface area contributed by atoms with Gasteiger partial charge in [-0.1, -0.05) is 34.1 Å². The smallest absolute Gasteiger partial charge is 0.182 e. The summed E-state index contributed by atoms with van der Waals surface area (Å²) in [6, 6.07) is 11.8. The monoisotopic (exact) mass is 314 g/mol. The Balaban J connectivity index is 2.06. The van der Waals surface area contributed by atoms with Gasteiger partial charge in [0.2, 0.25) is 0 Å². The highest BCUT2D eigenvalue weighted by Crippen LogP contribution is 2.26. The highest BCUT2D eigenvalue weighted by atomic mass is 79.9. The number of nitrogens with one attached hydrogen (secondary N) is 1. The second kappa shape index (κ2) is 4.93. The van der Waals surface area contributed by atoms with Crippen molar-refractivity contribution >= 4 is 15.9 Å². The summed E-state index contributed by atoms with van der Waals surface area (Å²) in [4.78, 5) is 8.85. The van der Waals surface area contributed by atoms with Gasteiger partial charge in [0, 0.05) is 16.2 Å². The van der Waals surface area contributed by atoms with Gasteiger partial charge in [0.15, 0.2) is 11.6 Å². The van der Waals surface area contributed by atoms with Gasteiger partial charge in [-0.05, 0) is 30.7 Å². The van der Waals surface area contributed by atoms with Crippen molar-refractivity contribution in [3.8, 4) is 22.9 Å². The maximum atomic E-state index is 4.51. The van der Waals surface area contributed by atoms with Gasteiger partial charge in [-0.15, -0.1) is 0 Å². The van der Waals surface area contributed by atoms with E-state index in [9.17, 15) is 0 Å². The quantitative estimate of drug-likeness (QED) is 0.786. The number of hydrogen-bond acceptors (Lipinski definition) is 3. The van der Waals surface area contributed by atoms with E-state index in [1.54, 1.807) is 6.20 Å². The summed E-state index contributed by atoms with van der Waals surface area (Å²) in [5.41, 5.74) is 2.85. The van der Waals surface area contributed by atoms with E-state index >= 15 is 0 Å². The van der Waals surface area contributed by atoms with Crippen molar-refractivity contribution in [1.29, 1.82) is 0 Å². The molecule has 0 atom stereocenters. The van der Waals surface area contributed by atoms with E-state index in [2.05, 4.69) is 36.1 Å². The maximum Gasteiger partial charge on any atom is 0.182 e. The van der Waals surface area contributed by atoms with Crippen LogP contribution in [0.1, 0.15) is 5.56 Å². The predicted molar refractivity (Wildman–Crippen MR) is 77.5 cm³/mol. The molecule has 0 aliphatic rings. The Hall–Kier alpha value is -2.01. The number of pyridine rings is 1. The Morgan fingerprint density at radius 2 is 1.95 bits per heavy atom. The lowest BCUT2D eigenvalue weighted by Crippen LogP contribution is -1.89. The molecule has 4 nitrogen and oxygen atoms in total. The van der Waals surface area contributed by atoms with Gasteiger partial charge in [0.1, 0.15) is 5.69 Å². The lowest BCUT2D eigenvalue weighted by Gasteiger charge is -1.99. The first kappa shape index (κ1) is 12.0. The van der Waals surface area contributed by atoms with E-state index in [0.29, 0.717) is 11.6 Å². The molecule has 0 saturated carbocycles. The van der Waals surface area contributed by atoms with Gasteiger partial charge >= 0.3 is 0 Å². The lowest BCUT2D eigenvalue weighted by atomic mass is 10.2. The number of nitrogens with zero attached hydrogens (tertiary/aromatic N) is 3. The highest BCUT2D eigenvalue weighted by Gasteiger charge is 2.12. The van der Waals surface area contributed by atoms with Crippen molar-refractivity contribution in [2.24, 2.45) is 0 Å². The number of rotatable bonds is 2. The molecule has 2 aromatic heterocycles. The molecule has 3 aromatic rings. The Kier molecular flexibility index (Phi) is 3.13. The number of hydrogen-bond donors (Lipinski definition) is 1. The third kappa shape index (κ3) is 2.29. The Morgan fingerprint density at radius 3 is 2.74 bits per heavy atom. The molecule has 0 bridgehead atoms. The van der Waals surface area contributed by atoms with Crippen molar-refractivity contribution < 1.29 is 0 Å². The van der Waals surface area contributed by atoms with Gasteiger partial charge in [-0.25, -0.2) is 4.98 Å². The summed E-state index contributed by atoms with van der Waals surface area (Å²) in [6.07, 6.45) is 1.75. The molecule has 0 radical (unpaired) electrons. The fourth-order valence-corrected chi connectivity index (χ4v) is 2.33. The zero-order valence-corrected chi connectivity index (χ0v) is 11.8. The van der Waals surface area contributed by atoms with E-state index in [4.69, 9.17) is 0 Å². The summed E-state index contributed by atoms with van der Waals surface area (Å²) >= 11 is 3.50. The number of halogens is 1. The van der Waals surface area contributed by atoms with Crippen LogP contribution in [0.5, 0.6) is 0 Å². The first-order chi connectivity index (χ1) is 9.25. The molecule has 0 unspecified atom stereocenters. The Bertz CT molecular complexity index is 661. The van der Waals surface area contributed by atoms with Crippen LogP contribution in [-0.2, 0) is 0 Å². The highest BCUT2D eigenvalue weighted by molar-refractivity contribution is 9.10. The third-order valence-electron chi connectivity index (χ3n) is 2.83. The molecule has 0 saturated heterocycles. The average molecular weight is 315 g/mol. The second-order valence-electron chi connectivity index (χ2n) is 4.16. The van der Waals surface area contributed by atoms with Crippen LogP contribution in [0.2, 0.25) is 0 Å². The van der Waals surface area contributed by atoms with Crippen LogP contribution in [0.25, 0.3) is 22.9 Å². The van der Waals surface area contributed by atoms with E-state index in [0.717, 1.165) is 21.3 Å². The average Bonchev–Trinajstić information content (AvgIpc) is 2.89. The van der Waals surface area contributed by atoms with Gasteiger partial charge in [-0.3, -0.25) is 10.1 Å². The van der Waals surface area contributed by atoms with Crippen molar-refractivity contribution in [3.05, 3.63) is 52.6 Å². The molecule has 1 N–H and O–H groups in total. The zero-order valence-electron chi connectivity index (χ0n) is 10.3. The van der Waals surface area contributed by atoms with Gasteiger partial charge in [0.05, 0.1) is 0 Å². The molecule has 0 aliphatic carbocycles. The summed E-state index contributed by atoms with van der Waals surface area (Å²) in [5, 5.41) is 7.20. The number of aryl methyl sites for hydroxylation is 1. The van der Waals surface area contributed by atoms with E-state index in [1.807, 2.05) is 43.3 Å². The first-order valence-corrected chi connectivity index (χ1v) is 6.64. The van der Waals surface area contributed by atoms with Crippen LogP contribution in [0.3, 0.4) is 0 Å². The van der Waals surface area contributed by atoms with Gasteiger partial charge in [0.25, 0.3) is 0 Å². The Labute approximate surface area is 119 Å². The molecule has 2 heterocycles. The van der Waals surface area contributed by atoms with Crippen molar-refractivity contribution in [3.63, 3.8) is 0 Å². The molecule has 0 amide bonds. The number of H-pyrrole nitrogens is 1. The summed E-state index contributed by atoms with van der Waals surface area (Å²) in [5.74, 6) is 1.34. The van der Waals surface area contributed by atoms with Crippen LogP contribution in [0.4, 0.5) is 0 Å². The Morgan fingerprint density at radius 1 is 1.11 bits per heavy atom. The molecule has 19 heavy (non-hydrogen) atoms. The SMILES string of the molecule is Cc1cccnc1-c1nc(-c2ccccc2Br)n[nH]1. The number of aromatic nitrogens is 4. The zero-order chi connectivity index (χ0) is 13.2. The van der Waals surface area contributed by atoms with E-state index in [-0.39, 0.29) is 0 Å². The van der Waals surface area contributed by atoms with Gasteiger partial charge in [-0.2, -0.15) is 5.10 Å². The molecule has 5 heteroatoms. The molecular formula is C14H11BrN4. The molecule has 3 rings (SSSR count). The molecule has 0 spiro atoms. The normalized spacial score (nSPS) is 10.6. The topological polar surface area (TPSA) is 54.5 Å². The van der Waals surface area contributed by atoms with E-state index < -0.39 is 0 Å². The fraction of sp³-hybridized carbons (Fsp3) is 0.0714. The number of aromatic amines is 1. The van der Waals surface area contributed by atoms with Gasteiger partial charge < -0.3 is 0 Å². The summed E-state index contributed by atoms with van der Waals surface area (Å²) in [7, 11) is 0. The number of benzene rings is 1. The molecule has 1 aromatic carbocycles. The fourth-order valence-electron chi connectivity index (χ4n) is 1.86.